The molecule has 0 spiro atoms. The van der Waals surface area contributed by atoms with Crippen molar-refractivity contribution in [2.24, 2.45) is 0 Å². The van der Waals surface area contributed by atoms with Crippen molar-refractivity contribution in [3.63, 3.8) is 0 Å². The maximum absolute atomic E-state index is 14.2. The quantitative estimate of drug-likeness (QED) is 0.0269. The highest BCUT2D eigenvalue weighted by Crippen LogP contribution is 2.39. The first kappa shape index (κ1) is 71.4. The molecule has 4 aromatic carbocycles. The maximum Gasteiger partial charge on any atom is 0.305 e. The number of halogens is 3. The molecule has 89 heavy (non-hydrogen) atoms. The smallest absolute Gasteiger partial charge is 0.305 e. The van der Waals surface area contributed by atoms with Crippen molar-refractivity contribution >= 4 is 68.2 Å². The number of ether oxygens (including phenoxy) is 4. The number of fused-ring (bicyclic) bond motifs is 3. The van der Waals surface area contributed by atoms with Gasteiger partial charge in [-0.05, 0) is 89.5 Å². The lowest BCUT2D eigenvalue weighted by Crippen LogP contribution is -2.41. The zero-order valence-corrected chi connectivity index (χ0v) is 55.1. The summed E-state index contributed by atoms with van der Waals surface area (Å²) in [6.07, 6.45) is 0.194. The summed E-state index contributed by atoms with van der Waals surface area (Å²) in [5.41, 5.74) is 2.01. The maximum atomic E-state index is 14.2. The Labute approximate surface area is 516 Å². The van der Waals surface area contributed by atoms with E-state index in [0.29, 0.717) is 64.8 Å². The number of nitro groups is 3. The van der Waals surface area contributed by atoms with Gasteiger partial charge in [-0.2, -0.15) is 21.6 Å². The van der Waals surface area contributed by atoms with Gasteiger partial charge in [-0.25, -0.2) is 0 Å². The molecule has 4 N–H and O–H groups in total. The molecule has 22 nitrogen and oxygen atoms in total. The second kappa shape index (κ2) is 27.0. The van der Waals surface area contributed by atoms with E-state index in [9.17, 15) is 62.1 Å². The Morgan fingerprint density at radius 1 is 0.652 bits per heavy atom. The van der Waals surface area contributed by atoms with Crippen LogP contribution >= 0.6 is 0 Å². The number of aliphatic hydroxyl groups is 2. The summed E-state index contributed by atoms with van der Waals surface area (Å²) in [7, 11) is -5.54. The summed E-state index contributed by atoms with van der Waals surface area (Å²) in [4.78, 5) is 36.8. The Morgan fingerprint density at radius 2 is 1.09 bits per heavy atom. The largest absolute Gasteiger partial charge is 0.417 e. The van der Waals surface area contributed by atoms with E-state index < -0.39 is 90.1 Å². The number of H-pyrrole nitrogens is 2. The second-order valence-electron chi connectivity index (χ2n) is 26.7. The number of rotatable bonds is 18. The lowest BCUT2D eigenvalue weighted by Gasteiger charge is -2.37. The fraction of sp³-hybridized carbons (Fsp3) is 0.516. The first-order valence-corrected chi connectivity index (χ1v) is 33.1. The van der Waals surface area contributed by atoms with E-state index in [0.717, 1.165) is 29.4 Å². The molecule has 0 amide bonds. The number of aromatic amines is 2. The number of aliphatic hydroxyl groups excluding tert-OH is 2. The summed E-state index contributed by atoms with van der Waals surface area (Å²) < 4.78 is 101. The van der Waals surface area contributed by atoms with Crippen LogP contribution in [0.3, 0.4) is 0 Å². The predicted molar refractivity (Wildman–Crippen MR) is 334 cm³/mol. The van der Waals surface area contributed by atoms with Crippen molar-refractivity contribution in [2.45, 2.75) is 173 Å². The summed E-state index contributed by atoms with van der Waals surface area (Å²) in [6.45, 7) is 33.2. The number of nitrogens with one attached hydrogen (secondary N) is 2. The van der Waals surface area contributed by atoms with Crippen LogP contribution in [-0.2, 0) is 60.5 Å². The van der Waals surface area contributed by atoms with Crippen LogP contribution in [-0.4, -0.2) is 120 Å². The Morgan fingerprint density at radius 3 is 1.52 bits per heavy atom. The topological polar surface area (TPSA) is 296 Å². The zero-order chi connectivity index (χ0) is 66.8. The number of hydrogen-bond donors (Lipinski definition) is 4. The van der Waals surface area contributed by atoms with Crippen molar-refractivity contribution in [3.05, 3.63) is 149 Å². The number of nitro benzene ring substituents is 3. The summed E-state index contributed by atoms with van der Waals surface area (Å²) in [6, 6.07) is 19.0. The highest BCUT2D eigenvalue weighted by molar-refractivity contribution is 7.86. The molecule has 488 valence electrons. The molecular weight excluding hydrogens is 1200 g/mol. The van der Waals surface area contributed by atoms with E-state index in [2.05, 4.69) is 57.7 Å². The molecular formula is C62H83F3N6O16SSi. The molecule has 0 bridgehead atoms. The normalized spacial score (nSPS) is 17.0. The first-order valence-electron chi connectivity index (χ1n) is 28.8. The van der Waals surface area contributed by atoms with Gasteiger partial charge in [-0.1, -0.05) is 80.0 Å². The Bertz CT molecular complexity index is 3820. The van der Waals surface area contributed by atoms with Gasteiger partial charge in [0.05, 0.1) is 64.8 Å². The number of aromatic nitrogens is 3. The minimum atomic E-state index is -3.74. The average molecular weight is 1290 g/mol. The number of benzene rings is 4. The van der Waals surface area contributed by atoms with Gasteiger partial charge in [-0.15, -0.1) is 0 Å². The van der Waals surface area contributed by atoms with Crippen molar-refractivity contribution in [2.75, 3.05) is 39.6 Å². The lowest BCUT2D eigenvalue weighted by atomic mass is 9.86. The van der Waals surface area contributed by atoms with Crippen LogP contribution in [0.4, 0.5) is 30.2 Å². The number of hydrogen-bond acceptors (Lipinski definition) is 16. The van der Waals surface area contributed by atoms with E-state index >= 15 is 0 Å². The SMILES string of the molecule is CC(C)(CCO[Si](C)(C)C(C)(C)C)c1cc2cc([N+](=O)[O-])c(F)cc2[nH]1.CC(C)(CO)c1cc2cc([N+](=O)[O-])c(F)cc2[nH]1.CC1(C)OC[C@@H](Cn2c(C(C)(C)CO)cc3cc([N+](=O)[O-])c(F)cc32)O1.Cc1ccc(S(=O)(=O)OC[C@@H]2COC(C)(C)O2)cc1. The van der Waals surface area contributed by atoms with Crippen molar-refractivity contribution in [1.29, 1.82) is 0 Å². The zero-order valence-electron chi connectivity index (χ0n) is 53.3. The van der Waals surface area contributed by atoms with Crippen LogP contribution in [0.15, 0.2) is 83.8 Å². The molecule has 0 saturated carbocycles. The van der Waals surface area contributed by atoms with Crippen LogP contribution in [0.5, 0.6) is 0 Å². The predicted octanol–water partition coefficient (Wildman–Crippen LogP) is 13.4. The highest BCUT2D eigenvalue weighted by atomic mass is 32.2. The minimum Gasteiger partial charge on any atom is -0.417 e. The van der Waals surface area contributed by atoms with E-state index in [-0.39, 0.29) is 47.4 Å². The Balaban J connectivity index is 0.000000192. The van der Waals surface area contributed by atoms with Crippen LogP contribution in [0.25, 0.3) is 32.7 Å². The molecule has 2 saturated heterocycles. The van der Waals surface area contributed by atoms with Crippen molar-refractivity contribution in [1.82, 2.24) is 14.5 Å². The lowest BCUT2D eigenvalue weighted by molar-refractivity contribution is -0.387. The molecule has 2 atom stereocenters. The Kier molecular flexibility index (Phi) is 21.7. The number of aryl methyl sites for hydroxylation is 1. The average Bonchev–Trinajstić information content (AvgIpc) is 1.90. The molecule has 9 rings (SSSR count). The van der Waals surface area contributed by atoms with Crippen LogP contribution in [0, 0.1) is 54.7 Å². The van der Waals surface area contributed by atoms with E-state index in [1.165, 1.54) is 42.5 Å². The van der Waals surface area contributed by atoms with Crippen LogP contribution in [0.1, 0.15) is 119 Å². The van der Waals surface area contributed by atoms with Crippen molar-refractivity contribution < 1.29 is 74.1 Å². The summed E-state index contributed by atoms with van der Waals surface area (Å²) >= 11 is 0. The van der Waals surface area contributed by atoms with E-state index in [4.69, 9.17) is 27.6 Å². The molecule has 5 heterocycles. The molecule has 2 aliphatic rings. The first-order chi connectivity index (χ1) is 40.9. The van der Waals surface area contributed by atoms with Gasteiger partial charge in [0.2, 0.25) is 17.5 Å². The molecule has 0 aliphatic carbocycles. The van der Waals surface area contributed by atoms with Gasteiger partial charge >= 0.3 is 17.1 Å². The third-order valence-corrected chi connectivity index (χ3v) is 21.9. The molecule has 27 heteroatoms. The summed E-state index contributed by atoms with van der Waals surface area (Å²) in [5, 5.41) is 53.6. The fourth-order valence-electron chi connectivity index (χ4n) is 9.38. The van der Waals surface area contributed by atoms with Crippen LogP contribution in [0.2, 0.25) is 18.1 Å². The fourth-order valence-corrected chi connectivity index (χ4v) is 11.4. The monoisotopic (exact) mass is 1280 g/mol. The van der Waals surface area contributed by atoms with Gasteiger partial charge < -0.3 is 48.1 Å². The van der Waals surface area contributed by atoms with E-state index in [1.54, 1.807) is 38.1 Å². The molecule has 7 aromatic rings. The van der Waals surface area contributed by atoms with Gasteiger partial charge in [0, 0.05) is 104 Å². The van der Waals surface area contributed by atoms with E-state index in [1.807, 2.05) is 59.1 Å². The summed E-state index contributed by atoms with van der Waals surface area (Å²) in [5.74, 6) is -3.96. The third-order valence-electron chi connectivity index (χ3n) is 16.1. The van der Waals surface area contributed by atoms with Gasteiger partial charge in [0.25, 0.3) is 10.1 Å². The standard InChI is InChI=1S/C19H29FN2O3Si.C18H23FN2O5.C13H18O5S.C12H13FN2O3/c1-18(2,3)26(6,7)25-9-8-19(4,5)17-11-13-10-16(22(23)24)14(20)12-15(13)21-17;1-17(2,10-22)16-6-11-5-15(21(23)24)13(19)7-14(11)20(16)8-12-9-25-18(3,4)26-12;1-10-4-6-12(7-5-10)19(14,15)17-9-11-8-16-13(2,3)18-11;1-12(2,6-16)11-4-7-3-10(15(17)18)8(13)5-9(7)14-11/h10-12,21H,8-9H2,1-7H3;5-7,12,22H,8-10H2,1-4H3;4-7,11H,8-9H2,1-3H3;3-5,14,16H,6H2,1-2H3/t;12-;11-;/m.10./s1. The highest BCUT2D eigenvalue weighted by Gasteiger charge is 2.39. The van der Waals surface area contributed by atoms with Crippen LogP contribution < -0.4 is 0 Å². The van der Waals surface area contributed by atoms with Gasteiger partial charge in [0.1, 0.15) is 12.2 Å². The Hall–Kier alpha value is -6.66. The van der Waals surface area contributed by atoms with Gasteiger partial charge in [-0.3, -0.25) is 34.5 Å². The third kappa shape index (κ3) is 17.6. The minimum absolute atomic E-state index is 0.0420. The molecule has 0 radical (unpaired) electrons. The molecule has 3 aromatic heterocycles. The molecule has 2 fully saturated rings. The van der Waals surface area contributed by atoms with Crippen molar-refractivity contribution in [3.8, 4) is 0 Å². The number of nitrogens with zero attached hydrogens (tertiary/aromatic N) is 4. The van der Waals surface area contributed by atoms with Gasteiger partial charge in [0.15, 0.2) is 19.9 Å². The molecule has 0 unspecified atom stereocenters. The second-order valence-corrected chi connectivity index (χ2v) is 33.1. The molecule has 2 aliphatic heterocycles.